The van der Waals surface area contributed by atoms with Crippen molar-refractivity contribution in [3.63, 3.8) is 0 Å². The van der Waals surface area contributed by atoms with E-state index in [0.29, 0.717) is 0 Å². The number of rotatable bonds is 2. The van der Waals surface area contributed by atoms with E-state index in [-0.39, 0.29) is 0 Å². The van der Waals surface area contributed by atoms with Crippen LogP contribution in [0.15, 0.2) is 5.34 Å². The fourth-order valence-corrected chi connectivity index (χ4v) is 0.161. The second kappa shape index (κ2) is 3.18. The Hall–Kier alpha value is -0.0177. The van der Waals surface area contributed by atoms with E-state index in [9.17, 15) is 0 Å². The van der Waals surface area contributed by atoms with E-state index in [2.05, 4.69) is 3.56 Å². The molecule has 41 valence electrons. The van der Waals surface area contributed by atoms with Gasteiger partial charge in [-0.25, -0.2) is 0 Å². The van der Waals surface area contributed by atoms with Crippen molar-refractivity contribution in [1.29, 1.82) is 0 Å². The molecule has 0 atom stereocenters. The van der Waals surface area contributed by atoms with Crippen molar-refractivity contribution in [2.45, 2.75) is 0 Å². The molecule has 0 aliphatic rings. The zero-order chi connectivity index (χ0) is 4.99. The maximum atomic E-state index is 9.01. The van der Waals surface area contributed by atoms with Gasteiger partial charge in [-0.15, -0.1) is 0 Å². The van der Waals surface area contributed by atoms with Crippen LogP contribution in [0.3, 0.4) is 0 Å². The normalized spacial score (nSPS) is 10.0. The molecule has 0 radical (unpaired) electrons. The van der Waals surface area contributed by atoms with Crippen molar-refractivity contribution in [3.05, 3.63) is 4.91 Å². The summed E-state index contributed by atoms with van der Waals surface area (Å²) < 4.78 is 13.3. The molecule has 0 bridgehead atoms. The molecular formula is H4N3O2Pd. The number of nitrogens with two attached hydrogens (primary N) is 2. The quantitative estimate of drug-likeness (QED) is 0.326. The molecule has 0 saturated heterocycles. The van der Waals surface area contributed by atoms with Gasteiger partial charge in [-0.1, -0.05) is 0 Å². The van der Waals surface area contributed by atoms with Crippen LogP contribution in [0.5, 0.6) is 0 Å². The van der Waals surface area contributed by atoms with Crippen molar-refractivity contribution >= 4 is 0 Å². The average Bonchev–Trinajstić information content (AvgIpc) is 1.35. The first kappa shape index (κ1) is 5.98. The van der Waals surface area contributed by atoms with Gasteiger partial charge in [-0.2, -0.15) is 0 Å². The van der Waals surface area contributed by atoms with Crippen LogP contribution in [0, 0.1) is 4.91 Å². The van der Waals surface area contributed by atoms with E-state index < -0.39 is 17.6 Å². The predicted octanol–water partition coefficient (Wildman–Crippen LogP) is -1.03. The summed E-state index contributed by atoms with van der Waals surface area (Å²) in [7, 11) is 0. The molecule has 6 heteroatoms. The summed E-state index contributed by atoms with van der Waals surface area (Å²) in [4.78, 5) is 9.01. The molecule has 0 rings (SSSR count). The summed E-state index contributed by atoms with van der Waals surface area (Å²) >= 11 is -1.98. The Morgan fingerprint density at radius 2 is 2.17 bits per heavy atom. The first-order valence-corrected chi connectivity index (χ1v) is 3.29. The average molecular weight is 184 g/mol. The Bertz CT molecular complexity index is 44.1. The second-order valence-corrected chi connectivity index (χ2v) is 1.92. The van der Waals surface area contributed by atoms with Gasteiger partial charge in [0.05, 0.1) is 0 Å². The SMILES string of the molecule is [NH2][Pd]([NH2])[O]N=O. The van der Waals surface area contributed by atoms with Gasteiger partial charge in [0, 0.05) is 0 Å². The number of hydrogen-bond donors (Lipinski definition) is 2. The molecule has 0 aromatic rings. The third kappa shape index (κ3) is 3.98. The topological polar surface area (TPSA) is 90.7 Å². The standard InChI is InChI=1S/HNO2.2H2N.Pd/c2-1-3;;;/h(H,2,3);2*1H2;/q;2*-1;+3/p-1. The molecule has 0 spiro atoms. The second-order valence-electron chi connectivity index (χ2n) is 0.387. The van der Waals surface area contributed by atoms with Gasteiger partial charge < -0.3 is 0 Å². The molecule has 0 unspecified atom stereocenters. The molecule has 0 aliphatic heterocycles. The van der Waals surface area contributed by atoms with Crippen molar-refractivity contribution in [1.82, 2.24) is 0 Å². The van der Waals surface area contributed by atoms with E-state index in [1.807, 2.05) is 5.34 Å². The third-order valence-electron chi connectivity index (χ3n) is 0.0902. The number of nitrogens with zero attached hydrogens (tertiary/aromatic N) is 1. The van der Waals surface area contributed by atoms with Gasteiger partial charge in [0.2, 0.25) is 0 Å². The van der Waals surface area contributed by atoms with Crippen LogP contribution in [0.25, 0.3) is 0 Å². The Balaban J connectivity index is 2.81. The molecule has 6 heavy (non-hydrogen) atoms. The van der Waals surface area contributed by atoms with Gasteiger partial charge in [0.25, 0.3) is 0 Å². The van der Waals surface area contributed by atoms with Gasteiger partial charge in [-0.05, 0) is 0 Å². The van der Waals surface area contributed by atoms with Crippen LogP contribution in [0.4, 0.5) is 0 Å². The zero-order valence-corrected chi connectivity index (χ0v) is 4.29. The summed E-state index contributed by atoms with van der Waals surface area (Å²) in [5.74, 6) is 0. The molecule has 4 N–H and O–H groups in total. The zero-order valence-electron chi connectivity index (χ0n) is 2.73. The molecule has 0 fully saturated rings. The maximum absolute atomic E-state index is 9.01. The number of hydrogen-bond acceptors (Lipinski definition) is 5. The third-order valence-corrected chi connectivity index (χ3v) is 0.534. The minimum absolute atomic E-state index is 1.98. The van der Waals surface area contributed by atoms with Crippen molar-refractivity contribution in [2.24, 2.45) is 14.1 Å². The molecule has 0 amide bonds. The van der Waals surface area contributed by atoms with E-state index in [1.165, 1.54) is 0 Å². The Labute approximate surface area is 40.9 Å². The van der Waals surface area contributed by atoms with Gasteiger partial charge in [-0.3, -0.25) is 0 Å². The van der Waals surface area contributed by atoms with Crippen molar-refractivity contribution in [3.8, 4) is 0 Å². The molecule has 0 aromatic carbocycles. The molecule has 0 heterocycles. The fourth-order valence-electron chi connectivity index (χ4n) is 0.0272. The Morgan fingerprint density at radius 1 is 1.67 bits per heavy atom. The minimum atomic E-state index is -1.98. The van der Waals surface area contributed by atoms with E-state index >= 15 is 0 Å². The van der Waals surface area contributed by atoms with Crippen molar-refractivity contribution in [2.75, 3.05) is 0 Å². The summed E-state index contributed by atoms with van der Waals surface area (Å²) in [5.41, 5.74) is 0. The van der Waals surface area contributed by atoms with Crippen molar-refractivity contribution < 1.29 is 21.2 Å². The molecule has 5 nitrogen and oxygen atoms in total. The Kier molecular flexibility index (Phi) is 3.17. The van der Waals surface area contributed by atoms with E-state index in [4.69, 9.17) is 13.6 Å². The van der Waals surface area contributed by atoms with Gasteiger partial charge >= 0.3 is 40.2 Å². The summed E-state index contributed by atoms with van der Waals surface area (Å²) in [6, 6.07) is 0. The Morgan fingerprint density at radius 3 is 2.17 bits per heavy atom. The predicted molar refractivity (Wildman–Crippen MR) is 15.3 cm³/mol. The molecular weight excluding hydrogens is 180 g/mol. The molecule has 0 aromatic heterocycles. The summed E-state index contributed by atoms with van der Waals surface area (Å²) in [6.07, 6.45) is 0. The van der Waals surface area contributed by atoms with E-state index in [0.717, 1.165) is 0 Å². The summed E-state index contributed by atoms with van der Waals surface area (Å²) in [6.45, 7) is 0. The van der Waals surface area contributed by atoms with Gasteiger partial charge in [0.1, 0.15) is 0 Å². The summed E-state index contributed by atoms with van der Waals surface area (Å²) in [5, 5.41) is 1.99. The first-order valence-electron chi connectivity index (χ1n) is 0.859. The van der Waals surface area contributed by atoms with Crippen LogP contribution >= 0.6 is 0 Å². The molecule has 0 saturated carbocycles. The van der Waals surface area contributed by atoms with Crippen LogP contribution < -0.4 is 8.73 Å². The first-order chi connectivity index (χ1) is 2.77. The fraction of sp³-hybridized carbons (Fsp3) is 0. The van der Waals surface area contributed by atoms with Gasteiger partial charge in [0.15, 0.2) is 0 Å². The van der Waals surface area contributed by atoms with Crippen LogP contribution in [-0.2, 0) is 21.2 Å². The monoisotopic (exact) mass is 184 g/mol. The van der Waals surface area contributed by atoms with Crippen LogP contribution in [0.2, 0.25) is 0 Å². The van der Waals surface area contributed by atoms with Crippen LogP contribution in [-0.4, -0.2) is 0 Å². The van der Waals surface area contributed by atoms with Crippen LogP contribution in [0.1, 0.15) is 0 Å². The molecule has 0 aliphatic carbocycles. The van der Waals surface area contributed by atoms with E-state index in [1.54, 1.807) is 0 Å².